The van der Waals surface area contributed by atoms with E-state index >= 15 is 0 Å². The van der Waals surface area contributed by atoms with Gasteiger partial charge in [0.2, 0.25) is 0 Å². The number of likely N-dealkylation sites (N-methyl/N-ethyl adjacent to an activating group) is 1. The normalized spacial score (nSPS) is 10.5. The Bertz CT molecular complexity index is 949. The molecular weight excluding hydrogens is 333 g/mol. The Morgan fingerprint density at radius 3 is 2.46 bits per heavy atom. The molecule has 0 atom stereocenters. The van der Waals surface area contributed by atoms with E-state index < -0.39 is 18.5 Å². The van der Waals surface area contributed by atoms with Crippen molar-refractivity contribution in [1.29, 1.82) is 0 Å². The lowest BCUT2D eigenvalue weighted by Crippen LogP contribution is -2.31. The molecule has 0 radical (unpaired) electrons. The van der Waals surface area contributed by atoms with Crippen LogP contribution in [-0.2, 0) is 16.1 Å². The zero-order valence-electron chi connectivity index (χ0n) is 14.3. The average molecular weight is 351 g/mol. The summed E-state index contributed by atoms with van der Waals surface area (Å²) >= 11 is 0. The molecule has 0 fully saturated rings. The maximum Gasteiger partial charge on any atom is 0.339 e. The Morgan fingerprint density at radius 2 is 1.65 bits per heavy atom. The summed E-state index contributed by atoms with van der Waals surface area (Å²) < 4.78 is 18.8. The van der Waals surface area contributed by atoms with Gasteiger partial charge in [-0.3, -0.25) is 4.79 Å². The van der Waals surface area contributed by atoms with Gasteiger partial charge in [-0.25, -0.2) is 9.18 Å². The molecule has 3 aromatic carbocycles. The highest BCUT2D eigenvalue weighted by Crippen LogP contribution is 2.19. The van der Waals surface area contributed by atoms with Crippen molar-refractivity contribution in [2.45, 2.75) is 6.54 Å². The first-order chi connectivity index (χ1) is 12.6. The predicted octanol–water partition coefficient (Wildman–Crippen LogP) is 3.79. The monoisotopic (exact) mass is 351 g/mol. The maximum absolute atomic E-state index is 13.7. The summed E-state index contributed by atoms with van der Waals surface area (Å²) in [5.74, 6) is -1.34. The van der Waals surface area contributed by atoms with E-state index in [1.54, 1.807) is 37.4 Å². The molecule has 0 spiro atoms. The standard InChI is InChI=1S/C21H18FNO3/c1-23(13-16-8-3-5-12-19(16)22)20(24)14-26-21(25)18-11-6-9-15-7-2-4-10-17(15)18/h2-12H,13-14H2,1H3. The second-order valence-electron chi connectivity index (χ2n) is 5.94. The van der Waals surface area contributed by atoms with Crippen LogP contribution in [0.1, 0.15) is 15.9 Å². The first-order valence-corrected chi connectivity index (χ1v) is 8.18. The molecule has 0 aromatic heterocycles. The zero-order valence-corrected chi connectivity index (χ0v) is 14.3. The summed E-state index contributed by atoms with van der Waals surface area (Å²) in [6, 6.07) is 19.0. The molecule has 0 bridgehead atoms. The highest BCUT2D eigenvalue weighted by atomic mass is 19.1. The molecule has 5 heteroatoms. The molecule has 0 aliphatic rings. The summed E-state index contributed by atoms with van der Waals surface area (Å²) in [7, 11) is 1.54. The molecule has 0 heterocycles. The molecule has 26 heavy (non-hydrogen) atoms. The number of benzene rings is 3. The van der Waals surface area contributed by atoms with Gasteiger partial charge in [-0.1, -0.05) is 54.6 Å². The first kappa shape index (κ1) is 17.6. The second kappa shape index (κ2) is 7.78. The number of nitrogens with zero attached hydrogens (tertiary/aromatic N) is 1. The first-order valence-electron chi connectivity index (χ1n) is 8.18. The van der Waals surface area contributed by atoms with Crippen LogP contribution in [0, 0.1) is 5.82 Å². The number of ether oxygens (including phenoxy) is 1. The number of hydrogen-bond acceptors (Lipinski definition) is 3. The lowest BCUT2D eigenvalue weighted by molar-refractivity contribution is -0.133. The molecule has 0 aliphatic carbocycles. The van der Waals surface area contributed by atoms with Gasteiger partial charge in [0.25, 0.3) is 5.91 Å². The number of fused-ring (bicyclic) bond motifs is 1. The van der Waals surface area contributed by atoms with Crippen LogP contribution in [0.15, 0.2) is 66.7 Å². The number of amides is 1. The predicted molar refractivity (Wildman–Crippen MR) is 97.1 cm³/mol. The van der Waals surface area contributed by atoms with Gasteiger partial charge in [-0.15, -0.1) is 0 Å². The maximum atomic E-state index is 13.7. The fourth-order valence-corrected chi connectivity index (χ4v) is 2.69. The van der Waals surface area contributed by atoms with Gasteiger partial charge in [0, 0.05) is 19.2 Å². The van der Waals surface area contributed by atoms with E-state index in [2.05, 4.69) is 0 Å². The van der Waals surface area contributed by atoms with Gasteiger partial charge in [-0.2, -0.15) is 0 Å². The molecule has 1 amide bonds. The fraction of sp³-hybridized carbons (Fsp3) is 0.143. The van der Waals surface area contributed by atoms with Crippen molar-refractivity contribution in [1.82, 2.24) is 4.90 Å². The SMILES string of the molecule is CN(Cc1ccccc1F)C(=O)COC(=O)c1cccc2ccccc12. The average Bonchev–Trinajstić information content (AvgIpc) is 2.67. The fourth-order valence-electron chi connectivity index (χ4n) is 2.69. The van der Waals surface area contributed by atoms with Crippen LogP contribution in [0.4, 0.5) is 4.39 Å². The third-order valence-electron chi connectivity index (χ3n) is 4.13. The van der Waals surface area contributed by atoms with Gasteiger partial charge >= 0.3 is 5.97 Å². The van der Waals surface area contributed by atoms with Crippen LogP contribution >= 0.6 is 0 Å². The van der Waals surface area contributed by atoms with Gasteiger partial charge < -0.3 is 9.64 Å². The summed E-state index contributed by atoms with van der Waals surface area (Å²) in [4.78, 5) is 25.9. The van der Waals surface area contributed by atoms with E-state index in [4.69, 9.17) is 4.74 Å². The molecule has 0 aliphatic heterocycles. The van der Waals surface area contributed by atoms with Crippen molar-refractivity contribution in [3.8, 4) is 0 Å². The Labute approximate surface area is 150 Å². The van der Waals surface area contributed by atoms with Gasteiger partial charge in [-0.05, 0) is 22.9 Å². The highest BCUT2D eigenvalue weighted by molar-refractivity contribution is 6.04. The molecular formula is C21H18FNO3. The number of rotatable bonds is 5. The van der Waals surface area contributed by atoms with Crippen molar-refractivity contribution in [3.05, 3.63) is 83.7 Å². The molecule has 0 N–H and O–H groups in total. The Balaban J connectivity index is 1.63. The van der Waals surface area contributed by atoms with Crippen molar-refractivity contribution in [2.24, 2.45) is 0 Å². The van der Waals surface area contributed by atoms with E-state index in [9.17, 15) is 14.0 Å². The molecule has 3 rings (SSSR count). The van der Waals surface area contributed by atoms with Crippen LogP contribution in [0.5, 0.6) is 0 Å². The Kier molecular flexibility index (Phi) is 5.27. The Morgan fingerprint density at radius 1 is 0.962 bits per heavy atom. The van der Waals surface area contributed by atoms with Crippen molar-refractivity contribution in [3.63, 3.8) is 0 Å². The summed E-state index contributed by atoms with van der Waals surface area (Å²) in [6.45, 7) is -0.287. The molecule has 0 saturated carbocycles. The highest BCUT2D eigenvalue weighted by Gasteiger charge is 2.16. The molecule has 0 unspecified atom stereocenters. The van der Waals surface area contributed by atoms with E-state index in [1.165, 1.54) is 11.0 Å². The quantitative estimate of drug-likeness (QED) is 0.657. The number of esters is 1. The number of halogens is 1. The van der Waals surface area contributed by atoms with Crippen molar-refractivity contribution < 1.29 is 18.7 Å². The van der Waals surface area contributed by atoms with E-state index in [-0.39, 0.29) is 12.4 Å². The minimum atomic E-state index is -0.561. The van der Waals surface area contributed by atoms with Crippen molar-refractivity contribution in [2.75, 3.05) is 13.7 Å². The number of hydrogen-bond donors (Lipinski definition) is 0. The summed E-state index contributed by atoms with van der Waals surface area (Å²) in [5.41, 5.74) is 0.816. The van der Waals surface area contributed by atoms with Crippen molar-refractivity contribution >= 4 is 22.6 Å². The lowest BCUT2D eigenvalue weighted by atomic mass is 10.1. The van der Waals surface area contributed by atoms with Gasteiger partial charge in [0.15, 0.2) is 6.61 Å². The van der Waals surface area contributed by atoms with Gasteiger partial charge in [0.05, 0.1) is 5.56 Å². The molecule has 3 aromatic rings. The molecule has 4 nitrogen and oxygen atoms in total. The summed E-state index contributed by atoms with van der Waals surface area (Å²) in [5, 5.41) is 1.69. The number of carbonyl (C=O) groups excluding carboxylic acids is 2. The largest absolute Gasteiger partial charge is 0.452 e. The van der Waals surface area contributed by atoms with Crippen LogP contribution in [0.3, 0.4) is 0 Å². The van der Waals surface area contributed by atoms with E-state index in [1.807, 2.05) is 30.3 Å². The topological polar surface area (TPSA) is 46.6 Å². The third kappa shape index (κ3) is 3.88. The minimum absolute atomic E-state index is 0.108. The lowest BCUT2D eigenvalue weighted by Gasteiger charge is -2.17. The van der Waals surface area contributed by atoms with E-state index in [0.717, 1.165) is 10.8 Å². The van der Waals surface area contributed by atoms with Crippen LogP contribution in [0.2, 0.25) is 0 Å². The third-order valence-corrected chi connectivity index (χ3v) is 4.13. The second-order valence-corrected chi connectivity index (χ2v) is 5.94. The molecule has 0 saturated heterocycles. The van der Waals surface area contributed by atoms with Crippen LogP contribution in [0.25, 0.3) is 10.8 Å². The van der Waals surface area contributed by atoms with Crippen LogP contribution in [-0.4, -0.2) is 30.4 Å². The van der Waals surface area contributed by atoms with Gasteiger partial charge in [0.1, 0.15) is 5.82 Å². The number of carbonyl (C=O) groups is 2. The zero-order chi connectivity index (χ0) is 18.5. The Hall–Kier alpha value is -3.21. The van der Waals surface area contributed by atoms with Crippen LogP contribution < -0.4 is 0 Å². The summed E-state index contributed by atoms with van der Waals surface area (Å²) in [6.07, 6.45) is 0. The molecule has 132 valence electrons. The minimum Gasteiger partial charge on any atom is -0.452 e. The smallest absolute Gasteiger partial charge is 0.339 e. The van der Waals surface area contributed by atoms with E-state index in [0.29, 0.717) is 11.1 Å².